The molecule has 0 bridgehead atoms. The molecule has 0 aliphatic carbocycles. The topological polar surface area (TPSA) is 46.5 Å². The van der Waals surface area contributed by atoms with Crippen LogP contribution in [0.15, 0.2) is 28.7 Å². The van der Waals surface area contributed by atoms with E-state index in [2.05, 4.69) is 4.40 Å². The zero-order valence-electron chi connectivity index (χ0n) is 8.19. The van der Waals surface area contributed by atoms with Crippen molar-refractivity contribution in [1.29, 1.82) is 0 Å². The van der Waals surface area contributed by atoms with E-state index in [1.165, 1.54) is 6.07 Å². The Balaban J connectivity index is 3.04. The number of benzene rings is 1. The van der Waals surface area contributed by atoms with Crippen molar-refractivity contribution in [2.75, 3.05) is 0 Å². The van der Waals surface area contributed by atoms with Crippen LogP contribution in [0.25, 0.3) is 0 Å². The van der Waals surface area contributed by atoms with Crippen molar-refractivity contribution in [3.63, 3.8) is 0 Å². The molecule has 0 radical (unpaired) electrons. The van der Waals surface area contributed by atoms with Gasteiger partial charge in [-0.2, -0.15) is 26.0 Å². The third-order valence-electron chi connectivity index (χ3n) is 1.81. The lowest BCUT2D eigenvalue weighted by molar-refractivity contribution is -0.0435. The summed E-state index contributed by atoms with van der Waals surface area (Å²) in [4.78, 5) is 0. The molecule has 0 aliphatic rings. The first kappa shape index (κ1) is 12.7. The molecular formula is C9H8F3NO2S. The largest absolute Gasteiger partial charge is 0.518 e. The van der Waals surface area contributed by atoms with E-state index in [0.29, 0.717) is 17.3 Å². The van der Waals surface area contributed by atoms with Crippen molar-refractivity contribution in [3.8, 4) is 0 Å². The maximum atomic E-state index is 11.9. The second kappa shape index (κ2) is 4.25. The molecular weight excluding hydrogens is 243 g/mol. The Morgan fingerprint density at radius 1 is 1.25 bits per heavy atom. The molecule has 0 aromatic heterocycles. The fourth-order valence-corrected chi connectivity index (χ4v) is 1.29. The van der Waals surface area contributed by atoms with Gasteiger partial charge in [0.1, 0.15) is 0 Å². The highest BCUT2D eigenvalue weighted by Gasteiger charge is 2.45. The van der Waals surface area contributed by atoms with Crippen LogP contribution >= 0.6 is 0 Å². The monoisotopic (exact) mass is 251 g/mol. The summed E-state index contributed by atoms with van der Waals surface area (Å²) in [5.41, 5.74) is -4.38. The Morgan fingerprint density at radius 3 is 2.31 bits per heavy atom. The van der Waals surface area contributed by atoms with Gasteiger partial charge in [0, 0.05) is 6.21 Å². The molecule has 0 fully saturated rings. The van der Waals surface area contributed by atoms with Crippen molar-refractivity contribution in [2.45, 2.75) is 12.4 Å². The number of sulfonamides is 1. The second-order valence-electron chi connectivity index (χ2n) is 3.01. The van der Waals surface area contributed by atoms with Crippen LogP contribution in [-0.4, -0.2) is 20.1 Å². The minimum absolute atomic E-state index is 0.329. The van der Waals surface area contributed by atoms with Crippen LogP contribution < -0.4 is 0 Å². The zero-order valence-corrected chi connectivity index (χ0v) is 9.01. The van der Waals surface area contributed by atoms with Gasteiger partial charge in [0.2, 0.25) is 0 Å². The summed E-state index contributed by atoms with van der Waals surface area (Å²) in [6.45, 7) is 1.64. The third-order valence-corrected chi connectivity index (χ3v) is 2.78. The second-order valence-corrected chi connectivity index (χ2v) is 4.64. The molecule has 0 saturated heterocycles. The maximum absolute atomic E-state index is 11.9. The number of aryl methyl sites for hydroxylation is 1. The maximum Gasteiger partial charge on any atom is 0.518 e. The van der Waals surface area contributed by atoms with Crippen LogP contribution in [0.3, 0.4) is 0 Å². The van der Waals surface area contributed by atoms with Gasteiger partial charge in [-0.05, 0) is 18.1 Å². The summed E-state index contributed by atoms with van der Waals surface area (Å²) in [5.74, 6) is 0. The van der Waals surface area contributed by atoms with E-state index in [4.69, 9.17) is 0 Å². The summed E-state index contributed by atoms with van der Waals surface area (Å²) in [7, 11) is -5.44. The lowest BCUT2D eigenvalue weighted by Gasteiger charge is -2.02. The van der Waals surface area contributed by atoms with Gasteiger partial charge in [0.05, 0.1) is 0 Å². The highest BCUT2D eigenvalue weighted by molar-refractivity contribution is 7.91. The third kappa shape index (κ3) is 2.82. The summed E-state index contributed by atoms with van der Waals surface area (Å²) >= 11 is 0. The van der Waals surface area contributed by atoms with Gasteiger partial charge in [-0.3, -0.25) is 0 Å². The molecule has 3 nitrogen and oxygen atoms in total. The van der Waals surface area contributed by atoms with Crippen LogP contribution in [0, 0.1) is 6.92 Å². The van der Waals surface area contributed by atoms with Gasteiger partial charge in [0.25, 0.3) is 0 Å². The highest BCUT2D eigenvalue weighted by atomic mass is 32.2. The summed E-state index contributed by atoms with van der Waals surface area (Å²) < 4.78 is 59.6. The Kier molecular flexibility index (Phi) is 3.37. The van der Waals surface area contributed by atoms with Crippen LogP contribution in [0.5, 0.6) is 0 Å². The highest BCUT2D eigenvalue weighted by Crippen LogP contribution is 2.24. The standard InChI is InChI=1S/C9H8F3NO2S/c1-7-4-2-3-5-8(7)6-13-16(14,15)9(10,11)12/h2-6H,1H3. The molecule has 0 atom stereocenters. The van der Waals surface area contributed by atoms with Crippen molar-refractivity contribution < 1.29 is 21.6 Å². The molecule has 0 aliphatic heterocycles. The van der Waals surface area contributed by atoms with Gasteiger partial charge in [0.15, 0.2) is 0 Å². The molecule has 0 spiro atoms. The van der Waals surface area contributed by atoms with Gasteiger partial charge >= 0.3 is 15.5 Å². The number of hydrogen-bond acceptors (Lipinski definition) is 2. The quantitative estimate of drug-likeness (QED) is 0.757. The number of hydrogen-bond donors (Lipinski definition) is 0. The number of alkyl halides is 3. The molecule has 0 unspecified atom stereocenters. The van der Waals surface area contributed by atoms with Gasteiger partial charge in [-0.15, -0.1) is 0 Å². The molecule has 0 saturated carbocycles. The van der Waals surface area contributed by atoms with Crippen molar-refractivity contribution in [2.24, 2.45) is 4.40 Å². The smallest absolute Gasteiger partial charge is 0.195 e. The van der Waals surface area contributed by atoms with E-state index in [1.807, 2.05) is 0 Å². The average Bonchev–Trinajstić information content (AvgIpc) is 2.15. The predicted molar refractivity (Wildman–Crippen MR) is 53.7 cm³/mol. The first-order chi connectivity index (χ1) is 7.24. The molecule has 7 heteroatoms. The molecule has 0 N–H and O–H groups in total. The molecule has 1 aromatic rings. The summed E-state index contributed by atoms with van der Waals surface area (Å²) in [6, 6.07) is 6.38. The van der Waals surface area contributed by atoms with E-state index in [0.717, 1.165) is 0 Å². The van der Waals surface area contributed by atoms with Crippen molar-refractivity contribution in [3.05, 3.63) is 35.4 Å². The normalized spacial score (nSPS) is 13.2. The van der Waals surface area contributed by atoms with Crippen LogP contribution in [0.2, 0.25) is 0 Å². The molecule has 1 aromatic carbocycles. The molecule has 1 rings (SSSR count). The van der Waals surface area contributed by atoms with E-state index >= 15 is 0 Å². The van der Waals surface area contributed by atoms with Gasteiger partial charge in [-0.1, -0.05) is 24.3 Å². The summed E-state index contributed by atoms with van der Waals surface area (Å²) in [5, 5.41) is 0. The Labute approximate surface area is 90.7 Å². The minimum Gasteiger partial charge on any atom is -0.195 e. The lowest BCUT2D eigenvalue weighted by Crippen LogP contribution is -2.20. The first-order valence-corrected chi connectivity index (χ1v) is 5.60. The first-order valence-electron chi connectivity index (χ1n) is 4.16. The molecule has 0 heterocycles. The van der Waals surface area contributed by atoms with Crippen molar-refractivity contribution >= 4 is 16.2 Å². The molecule has 16 heavy (non-hydrogen) atoms. The van der Waals surface area contributed by atoms with Gasteiger partial charge in [-0.25, -0.2) is 0 Å². The van der Waals surface area contributed by atoms with E-state index in [1.54, 1.807) is 25.1 Å². The number of nitrogens with zero attached hydrogens (tertiary/aromatic N) is 1. The molecule has 0 amide bonds. The predicted octanol–water partition coefficient (Wildman–Crippen LogP) is 2.26. The molecule has 88 valence electrons. The minimum atomic E-state index is -5.44. The lowest BCUT2D eigenvalue weighted by atomic mass is 10.1. The SMILES string of the molecule is Cc1ccccc1C=NS(=O)(=O)C(F)(F)F. The number of halogens is 3. The van der Waals surface area contributed by atoms with Crippen LogP contribution in [-0.2, 0) is 10.0 Å². The summed E-state index contributed by atoms with van der Waals surface area (Å²) in [6.07, 6.45) is 0.693. The average molecular weight is 251 g/mol. The van der Waals surface area contributed by atoms with E-state index in [-0.39, 0.29) is 0 Å². The van der Waals surface area contributed by atoms with Crippen LogP contribution in [0.4, 0.5) is 13.2 Å². The van der Waals surface area contributed by atoms with E-state index in [9.17, 15) is 21.6 Å². The van der Waals surface area contributed by atoms with Gasteiger partial charge < -0.3 is 0 Å². The Morgan fingerprint density at radius 2 is 1.81 bits per heavy atom. The Bertz CT molecular complexity index is 506. The van der Waals surface area contributed by atoms with Crippen molar-refractivity contribution in [1.82, 2.24) is 0 Å². The van der Waals surface area contributed by atoms with E-state index < -0.39 is 15.5 Å². The van der Waals surface area contributed by atoms with Crippen LogP contribution in [0.1, 0.15) is 11.1 Å². The Hall–Kier alpha value is -1.37. The fourth-order valence-electron chi connectivity index (χ4n) is 0.918. The number of rotatable bonds is 2. The fraction of sp³-hybridized carbons (Fsp3) is 0.222. The zero-order chi connectivity index (χ0) is 12.4.